The van der Waals surface area contributed by atoms with Gasteiger partial charge in [0, 0.05) is 35.5 Å². The lowest BCUT2D eigenvalue weighted by molar-refractivity contribution is 0.199. The number of methoxy groups -OCH3 is 1. The standard InChI is InChI=1S/C16H20BrNOS/c1-19-8-7-18-12-14(11-16-6-3-9-20-16)13-4-2-5-15(17)10-13/h2-6,9-10,14,18H,7-8,11-12H2,1H3. The fourth-order valence-electron chi connectivity index (χ4n) is 2.19. The Morgan fingerprint density at radius 1 is 1.30 bits per heavy atom. The number of rotatable bonds is 8. The van der Waals surface area contributed by atoms with E-state index >= 15 is 0 Å². The Kier molecular flexibility index (Phi) is 6.73. The predicted octanol–water partition coefficient (Wildman–Crippen LogP) is 4.07. The average molecular weight is 354 g/mol. The number of nitrogens with one attached hydrogen (secondary N) is 1. The van der Waals surface area contributed by atoms with Crippen LogP contribution in [0.3, 0.4) is 0 Å². The number of benzene rings is 1. The van der Waals surface area contributed by atoms with Crippen molar-refractivity contribution >= 4 is 27.3 Å². The van der Waals surface area contributed by atoms with Gasteiger partial charge in [-0.1, -0.05) is 34.1 Å². The minimum absolute atomic E-state index is 0.489. The van der Waals surface area contributed by atoms with Gasteiger partial charge < -0.3 is 10.1 Å². The lowest BCUT2D eigenvalue weighted by Gasteiger charge is -2.18. The van der Waals surface area contributed by atoms with E-state index in [0.29, 0.717) is 5.92 Å². The quantitative estimate of drug-likeness (QED) is 0.722. The molecule has 0 amide bonds. The average Bonchev–Trinajstić information content (AvgIpc) is 2.95. The summed E-state index contributed by atoms with van der Waals surface area (Å²) in [5.41, 5.74) is 1.37. The molecule has 1 N–H and O–H groups in total. The Labute approximate surface area is 133 Å². The monoisotopic (exact) mass is 353 g/mol. The molecule has 2 rings (SSSR count). The number of thiophene rings is 1. The molecule has 0 bridgehead atoms. The smallest absolute Gasteiger partial charge is 0.0587 e. The fraction of sp³-hybridized carbons (Fsp3) is 0.375. The van der Waals surface area contributed by atoms with Crippen LogP contribution in [0.25, 0.3) is 0 Å². The van der Waals surface area contributed by atoms with E-state index in [1.165, 1.54) is 10.4 Å². The molecule has 1 aromatic carbocycles. The molecule has 1 atom stereocenters. The van der Waals surface area contributed by atoms with Gasteiger partial charge in [-0.25, -0.2) is 0 Å². The van der Waals surface area contributed by atoms with Crippen molar-refractivity contribution in [3.8, 4) is 0 Å². The zero-order valence-electron chi connectivity index (χ0n) is 11.6. The number of halogens is 1. The Balaban J connectivity index is 2.03. The highest BCUT2D eigenvalue weighted by Crippen LogP contribution is 2.25. The van der Waals surface area contributed by atoms with Crippen LogP contribution in [0.15, 0.2) is 46.3 Å². The molecule has 0 radical (unpaired) electrons. The summed E-state index contributed by atoms with van der Waals surface area (Å²) in [6, 6.07) is 12.9. The lowest BCUT2D eigenvalue weighted by Crippen LogP contribution is -2.26. The van der Waals surface area contributed by atoms with Crippen molar-refractivity contribution in [3.63, 3.8) is 0 Å². The van der Waals surface area contributed by atoms with Gasteiger partial charge in [-0.3, -0.25) is 0 Å². The van der Waals surface area contributed by atoms with Gasteiger partial charge in [-0.15, -0.1) is 11.3 Å². The van der Waals surface area contributed by atoms with Crippen molar-refractivity contribution in [2.45, 2.75) is 12.3 Å². The van der Waals surface area contributed by atoms with Crippen LogP contribution in [0.2, 0.25) is 0 Å². The summed E-state index contributed by atoms with van der Waals surface area (Å²) in [5, 5.41) is 5.63. The van der Waals surface area contributed by atoms with Crippen molar-refractivity contribution < 1.29 is 4.74 Å². The molecule has 0 aliphatic rings. The fourth-order valence-corrected chi connectivity index (χ4v) is 3.39. The first-order chi connectivity index (χ1) is 9.79. The number of ether oxygens (including phenoxy) is 1. The zero-order chi connectivity index (χ0) is 14.2. The predicted molar refractivity (Wildman–Crippen MR) is 89.7 cm³/mol. The SMILES string of the molecule is COCCNCC(Cc1cccs1)c1cccc(Br)c1. The van der Waals surface area contributed by atoms with Crippen molar-refractivity contribution in [2.75, 3.05) is 26.8 Å². The topological polar surface area (TPSA) is 21.3 Å². The molecule has 2 nitrogen and oxygen atoms in total. The van der Waals surface area contributed by atoms with E-state index in [0.717, 1.165) is 30.6 Å². The summed E-state index contributed by atoms with van der Waals surface area (Å²) >= 11 is 5.39. The molecule has 0 saturated carbocycles. The molecule has 0 fully saturated rings. The second-order valence-corrected chi connectivity index (χ2v) is 6.68. The van der Waals surface area contributed by atoms with E-state index < -0.39 is 0 Å². The summed E-state index contributed by atoms with van der Waals surface area (Å²) in [4.78, 5) is 1.43. The first-order valence-electron chi connectivity index (χ1n) is 6.77. The summed E-state index contributed by atoms with van der Waals surface area (Å²) in [6.45, 7) is 2.62. The normalized spacial score (nSPS) is 12.5. The molecule has 0 saturated heterocycles. The van der Waals surface area contributed by atoms with E-state index in [9.17, 15) is 0 Å². The molecule has 1 unspecified atom stereocenters. The van der Waals surface area contributed by atoms with Gasteiger partial charge in [0.25, 0.3) is 0 Å². The van der Waals surface area contributed by atoms with Gasteiger partial charge in [-0.05, 0) is 35.6 Å². The molecular weight excluding hydrogens is 334 g/mol. The molecule has 0 spiro atoms. The van der Waals surface area contributed by atoms with Crippen molar-refractivity contribution in [3.05, 3.63) is 56.7 Å². The van der Waals surface area contributed by atoms with Crippen LogP contribution in [0.1, 0.15) is 16.4 Å². The first-order valence-corrected chi connectivity index (χ1v) is 8.44. The summed E-state index contributed by atoms with van der Waals surface area (Å²) in [7, 11) is 1.74. The maximum absolute atomic E-state index is 5.09. The maximum Gasteiger partial charge on any atom is 0.0587 e. The number of hydrogen-bond donors (Lipinski definition) is 1. The van der Waals surface area contributed by atoms with E-state index in [1.54, 1.807) is 7.11 Å². The number of hydrogen-bond acceptors (Lipinski definition) is 3. The second kappa shape index (κ2) is 8.57. The van der Waals surface area contributed by atoms with Crippen molar-refractivity contribution in [1.82, 2.24) is 5.32 Å². The van der Waals surface area contributed by atoms with Crippen LogP contribution in [0.5, 0.6) is 0 Å². The Bertz CT molecular complexity index is 501. The summed E-state index contributed by atoms with van der Waals surface area (Å²) in [6.07, 6.45) is 1.08. The molecule has 2 aromatic rings. The Hall–Kier alpha value is -0.680. The van der Waals surface area contributed by atoms with Gasteiger partial charge in [-0.2, -0.15) is 0 Å². The minimum atomic E-state index is 0.489. The van der Waals surface area contributed by atoms with Crippen molar-refractivity contribution in [1.29, 1.82) is 0 Å². The first kappa shape index (κ1) is 15.7. The van der Waals surface area contributed by atoms with Crippen LogP contribution in [0.4, 0.5) is 0 Å². The molecular formula is C16H20BrNOS. The van der Waals surface area contributed by atoms with E-state index in [4.69, 9.17) is 4.74 Å². The highest BCUT2D eigenvalue weighted by Gasteiger charge is 2.13. The van der Waals surface area contributed by atoms with Gasteiger partial charge in [0.2, 0.25) is 0 Å². The van der Waals surface area contributed by atoms with Crippen LogP contribution in [-0.2, 0) is 11.2 Å². The summed E-state index contributed by atoms with van der Waals surface area (Å²) < 4.78 is 6.23. The van der Waals surface area contributed by atoms with Gasteiger partial charge >= 0.3 is 0 Å². The molecule has 4 heteroatoms. The molecule has 108 valence electrons. The third kappa shape index (κ3) is 5.02. The second-order valence-electron chi connectivity index (χ2n) is 4.73. The highest BCUT2D eigenvalue weighted by molar-refractivity contribution is 9.10. The molecule has 20 heavy (non-hydrogen) atoms. The van der Waals surface area contributed by atoms with Crippen molar-refractivity contribution in [2.24, 2.45) is 0 Å². The lowest BCUT2D eigenvalue weighted by atomic mass is 9.95. The Morgan fingerprint density at radius 2 is 2.20 bits per heavy atom. The third-order valence-corrected chi connectivity index (χ3v) is 4.61. The molecule has 0 aliphatic carbocycles. The minimum Gasteiger partial charge on any atom is -0.383 e. The van der Waals surface area contributed by atoms with Crippen LogP contribution >= 0.6 is 27.3 Å². The highest BCUT2D eigenvalue weighted by atomic mass is 79.9. The van der Waals surface area contributed by atoms with Gasteiger partial charge in [0.05, 0.1) is 6.61 Å². The maximum atomic E-state index is 5.09. The van der Waals surface area contributed by atoms with E-state index in [-0.39, 0.29) is 0 Å². The molecule has 0 aliphatic heterocycles. The molecule has 1 aromatic heterocycles. The van der Waals surface area contributed by atoms with Gasteiger partial charge in [0.1, 0.15) is 0 Å². The van der Waals surface area contributed by atoms with Crippen LogP contribution in [-0.4, -0.2) is 26.8 Å². The summed E-state index contributed by atoms with van der Waals surface area (Å²) in [5.74, 6) is 0.489. The third-order valence-electron chi connectivity index (χ3n) is 3.22. The van der Waals surface area contributed by atoms with Crippen LogP contribution < -0.4 is 5.32 Å². The van der Waals surface area contributed by atoms with Gasteiger partial charge in [0.15, 0.2) is 0 Å². The van der Waals surface area contributed by atoms with Crippen LogP contribution in [0, 0.1) is 0 Å². The van der Waals surface area contributed by atoms with E-state index in [1.807, 2.05) is 11.3 Å². The largest absolute Gasteiger partial charge is 0.383 e. The Morgan fingerprint density at radius 3 is 2.90 bits per heavy atom. The molecule has 1 heterocycles. The zero-order valence-corrected chi connectivity index (χ0v) is 14.0. The van der Waals surface area contributed by atoms with E-state index in [2.05, 4.69) is 63.0 Å².